The number of nitriles is 2. The van der Waals surface area contributed by atoms with Gasteiger partial charge in [-0.05, 0) is 30.3 Å². The minimum Gasteiger partial charge on any atom is -0.481 e. The van der Waals surface area contributed by atoms with Crippen molar-refractivity contribution in [1.82, 2.24) is 9.88 Å². The molecule has 2 aromatic carbocycles. The van der Waals surface area contributed by atoms with Crippen molar-refractivity contribution in [3.05, 3.63) is 88.6 Å². The standard InChI is InChI=1S/C29H26F2N4O4/c1-35(16-23(30)31)15-21-24(18-6-4-3-5-7-18)29(19-10-8-17(13-32)9-11-19)28(37,26(21)36)25-22(39-29)12-20(14-33)34-27(25)38-2/h3-12,21,23-24,26,36-37H,15-16H2,1-2H3. The van der Waals surface area contributed by atoms with Crippen LogP contribution in [0.15, 0.2) is 60.7 Å². The highest BCUT2D eigenvalue weighted by molar-refractivity contribution is 5.60. The van der Waals surface area contributed by atoms with E-state index in [4.69, 9.17) is 9.47 Å². The van der Waals surface area contributed by atoms with Crippen LogP contribution in [0.4, 0.5) is 8.78 Å². The van der Waals surface area contributed by atoms with Gasteiger partial charge in [-0.25, -0.2) is 13.8 Å². The lowest BCUT2D eigenvalue weighted by Gasteiger charge is -2.41. The molecule has 200 valence electrons. The number of nitrogens with zero attached hydrogens (tertiary/aromatic N) is 4. The summed E-state index contributed by atoms with van der Waals surface area (Å²) in [6.45, 7) is -0.517. The normalized spacial score (nSPS) is 27.0. The third-order valence-corrected chi connectivity index (χ3v) is 7.75. The Labute approximate surface area is 224 Å². The van der Waals surface area contributed by atoms with Crippen LogP contribution in [0.25, 0.3) is 0 Å². The first-order valence-electron chi connectivity index (χ1n) is 12.3. The van der Waals surface area contributed by atoms with Crippen molar-refractivity contribution in [1.29, 1.82) is 10.5 Å². The Morgan fingerprint density at radius 3 is 2.41 bits per heavy atom. The summed E-state index contributed by atoms with van der Waals surface area (Å²) in [4.78, 5) is 5.63. The average Bonchev–Trinajstić information content (AvgIpc) is 3.30. The molecule has 5 atom stereocenters. The predicted molar refractivity (Wildman–Crippen MR) is 135 cm³/mol. The first kappa shape index (κ1) is 26.5. The predicted octanol–water partition coefficient (Wildman–Crippen LogP) is 3.28. The Hall–Kier alpha value is -4.09. The molecule has 8 nitrogen and oxygen atoms in total. The summed E-state index contributed by atoms with van der Waals surface area (Å²) in [6.07, 6.45) is -4.12. The van der Waals surface area contributed by atoms with Crippen molar-refractivity contribution >= 4 is 0 Å². The molecule has 2 aliphatic rings. The van der Waals surface area contributed by atoms with Crippen LogP contribution in [0.5, 0.6) is 11.6 Å². The van der Waals surface area contributed by atoms with E-state index in [1.807, 2.05) is 36.4 Å². The number of methoxy groups -OCH3 is 1. The second-order valence-electron chi connectivity index (χ2n) is 9.90. The zero-order valence-electron chi connectivity index (χ0n) is 21.3. The van der Waals surface area contributed by atoms with Crippen molar-refractivity contribution in [2.45, 2.75) is 29.6 Å². The van der Waals surface area contributed by atoms with E-state index in [1.54, 1.807) is 24.3 Å². The molecule has 5 rings (SSSR count). The Morgan fingerprint density at radius 2 is 1.82 bits per heavy atom. The van der Waals surface area contributed by atoms with E-state index < -0.39 is 42.1 Å². The van der Waals surface area contributed by atoms with Gasteiger partial charge in [-0.15, -0.1) is 0 Å². The molecular weight excluding hydrogens is 506 g/mol. The van der Waals surface area contributed by atoms with E-state index in [-0.39, 0.29) is 29.4 Å². The highest BCUT2D eigenvalue weighted by Crippen LogP contribution is 2.69. The number of ether oxygens (including phenoxy) is 2. The summed E-state index contributed by atoms with van der Waals surface area (Å²) in [5, 5.41) is 43.7. The summed E-state index contributed by atoms with van der Waals surface area (Å²) in [7, 11) is 2.86. The van der Waals surface area contributed by atoms with Crippen LogP contribution < -0.4 is 9.47 Å². The first-order valence-corrected chi connectivity index (χ1v) is 12.3. The Kier molecular flexibility index (Phi) is 6.73. The molecule has 1 saturated carbocycles. The fourth-order valence-electron chi connectivity index (χ4n) is 6.30. The smallest absolute Gasteiger partial charge is 0.251 e. The molecule has 3 aromatic rings. The summed E-state index contributed by atoms with van der Waals surface area (Å²) in [5.74, 6) is -1.51. The fraction of sp³-hybridized carbons (Fsp3) is 0.345. The number of hydrogen-bond acceptors (Lipinski definition) is 8. The van der Waals surface area contributed by atoms with Crippen LogP contribution in [-0.2, 0) is 11.2 Å². The van der Waals surface area contributed by atoms with Gasteiger partial charge in [-0.1, -0.05) is 42.5 Å². The Morgan fingerprint density at radius 1 is 1.13 bits per heavy atom. The van der Waals surface area contributed by atoms with Crippen LogP contribution in [0, 0.1) is 28.6 Å². The van der Waals surface area contributed by atoms with E-state index in [0.29, 0.717) is 16.7 Å². The molecule has 2 heterocycles. The molecule has 1 fully saturated rings. The van der Waals surface area contributed by atoms with Gasteiger partial charge in [0.15, 0.2) is 11.2 Å². The molecule has 2 N–H and O–H groups in total. The lowest BCUT2D eigenvalue weighted by Crippen LogP contribution is -2.52. The molecule has 1 aliphatic carbocycles. The summed E-state index contributed by atoms with van der Waals surface area (Å²) in [5.41, 5.74) is -2.27. The quantitative estimate of drug-likeness (QED) is 0.476. The number of pyridine rings is 1. The maximum atomic E-state index is 13.3. The second-order valence-corrected chi connectivity index (χ2v) is 9.90. The lowest BCUT2D eigenvalue weighted by molar-refractivity contribution is -0.152. The van der Waals surface area contributed by atoms with Gasteiger partial charge in [-0.2, -0.15) is 10.5 Å². The third kappa shape index (κ3) is 3.92. The molecule has 1 aromatic heterocycles. The van der Waals surface area contributed by atoms with Gasteiger partial charge in [0.2, 0.25) is 5.88 Å². The number of aliphatic hydroxyl groups excluding tert-OH is 1. The van der Waals surface area contributed by atoms with Crippen LogP contribution in [0.1, 0.15) is 33.9 Å². The van der Waals surface area contributed by atoms with Crippen LogP contribution in [0.2, 0.25) is 0 Å². The van der Waals surface area contributed by atoms with Gasteiger partial charge in [0.1, 0.15) is 17.5 Å². The zero-order chi connectivity index (χ0) is 27.9. The molecule has 0 amide bonds. The number of benzene rings is 2. The molecule has 0 bridgehead atoms. The summed E-state index contributed by atoms with van der Waals surface area (Å²) >= 11 is 0. The van der Waals surface area contributed by atoms with E-state index in [0.717, 1.165) is 0 Å². The van der Waals surface area contributed by atoms with Crippen LogP contribution in [-0.4, -0.2) is 59.9 Å². The van der Waals surface area contributed by atoms with Gasteiger partial charge in [-0.3, -0.25) is 0 Å². The monoisotopic (exact) mass is 532 g/mol. The average molecular weight is 533 g/mol. The number of aliphatic hydroxyl groups is 2. The third-order valence-electron chi connectivity index (χ3n) is 7.75. The van der Waals surface area contributed by atoms with Crippen LogP contribution >= 0.6 is 0 Å². The highest BCUT2D eigenvalue weighted by atomic mass is 19.3. The number of hydrogen-bond donors (Lipinski definition) is 2. The highest BCUT2D eigenvalue weighted by Gasteiger charge is 2.77. The minimum absolute atomic E-state index is 0.0100. The van der Waals surface area contributed by atoms with Gasteiger partial charge < -0.3 is 24.6 Å². The second kappa shape index (κ2) is 9.90. The molecule has 0 saturated heterocycles. The van der Waals surface area contributed by atoms with Crippen molar-refractivity contribution in [2.24, 2.45) is 5.92 Å². The van der Waals surface area contributed by atoms with E-state index >= 15 is 0 Å². The van der Waals surface area contributed by atoms with Crippen molar-refractivity contribution in [3.63, 3.8) is 0 Å². The van der Waals surface area contributed by atoms with Gasteiger partial charge in [0, 0.05) is 24.4 Å². The topological polar surface area (TPSA) is 123 Å². The van der Waals surface area contributed by atoms with E-state index in [1.165, 1.54) is 25.1 Å². The number of alkyl halides is 2. The van der Waals surface area contributed by atoms with E-state index in [9.17, 15) is 29.5 Å². The SMILES string of the molecule is COc1nc(C#N)cc2c1C1(O)C(O)C(CN(C)CC(F)F)C(c3ccccc3)C1(c1ccc(C#N)cc1)O2. The van der Waals surface area contributed by atoms with Gasteiger partial charge in [0.25, 0.3) is 6.43 Å². The van der Waals surface area contributed by atoms with E-state index in [2.05, 4.69) is 11.1 Å². The van der Waals surface area contributed by atoms with Gasteiger partial charge >= 0.3 is 0 Å². The molecule has 1 aliphatic heterocycles. The number of fused-ring (bicyclic) bond motifs is 3. The van der Waals surface area contributed by atoms with Crippen molar-refractivity contribution in [2.75, 3.05) is 27.2 Å². The first-order chi connectivity index (χ1) is 18.7. The Balaban J connectivity index is 1.82. The maximum absolute atomic E-state index is 13.3. The van der Waals surface area contributed by atoms with Crippen molar-refractivity contribution < 1.29 is 28.5 Å². The Bertz CT molecular complexity index is 1460. The number of rotatable bonds is 7. The van der Waals surface area contributed by atoms with Gasteiger partial charge in [0.05, 0.1) is 37.0 Å². The molecule has 0 radical (unpaired) electrons. The molecule has 10 heteroatoms. The molecule has 39 heavy (non-hydrogen) atoms. The largest absolute Gasteiger partial charge is 0.481 e. The number of halogens is 2. The summed E-state index contributed by atoms with van der Waals surface area (Å²) in [6, 6.07) is 21.0. The maximum Gasteiger partial charge on any atom is 0.251 e. The molecular formula is C29H26F2N4O4. The molecule has 5 unspecified atom stereocenters. The fourth-order valence-corrected chi connectivity index (χ4v) is 6.30. The molecule has 0 spiro atoms. The van der Waals surface area contributed by atoms with Crippen LogP contribution in [0.3, 0.4) is 0 Å². The van der Waals surface area contributed by atoms with Crippen molar-refractivity contribution in [3.8, 4) is 23.8 Å². The minimum atomic E-state index is -2.59. The zero-order valence-corrected chi connectivity index (χ0v) is 21.3. The summed E-state index contributed by atoms with van der Waals surface area (Å²) < 4.78 is 38.8. The lowest BCUT2D eigenvalue weighted by atomic mass is 9.70. The number of aromatic nitrogens is 1.